The Morgan fingerprint density at radius 3 is 2.46 bits per heavy atom. The van der Waals surface area contributed by atoms with Crippen LogP contribution in [-0.4, -0.2) is 9.38 Å². The molecule has 178 valence electrons. The quantitative estimate of drug-likeness (QED) is 0.253. The van der Waals surface area contributed by atoms with E-state index in [9.17, 15) is 0 Å². The first-order valence-electron chi connectivity index (χ1n) is 13.0. The minimum atomic E-state index is 0.124. The fourth-order valence-electron chi connectivity index (χ4n) is 6.12. The van der Waals surface area contributed by atoms with Gasteiger partial charge in [0.2, 0.25) is 0 Å². The molecule has 4 aromatic heterocycles. The largest absolute Gasteiger partial charge is 0.455 e. The Hall–Kier alpha value is -4.37. The van der Waals surface area contributed by atoms with E-state index in [0.29, 0.717) is 0 Å². The van der Waals surface area contributed by atoms with Crippen LogP contribution in [0, 0.1) is 0 Å². The van der Waals surface area contributed by atoms with Crippen LogP contribution in [0.4, 0.5) is 0 Å². The van der Waals surface area contributed by atoms with Gasteiger partial charge < -0.3 is 8.82 Å². The summed E-state index contributed by atoms with van der Waals surface area (Å²) in [6.45, 7) is 6.84. The summed E-state index contributed by atoms with van der Waals surface area (Å²) in [6, 6.07) is 30.6. The van der Waals surface area contributed by atoms with E-state index in [4.69, 9.17) is 9.40 Å². The van der Waals surface area contributed by atoms with Crippen molar-refractivity contribution in [2.45, 2.75) is 32.6 Å². The van der Waals surface area contributed by atoms with Gasteiger partial charge in [-0.25, -0.2) is 0 Å². The summed E-state index contributed by atoms with van der Waals surface area (Å²) in [7, 11) is 0. The second-order valence-corrected chi connectivity index (χ2v) is 10.9. The molecule has 0 aliphatic rings. The molecule has 0 saturated heterocycles. The Morgan fingerprint density at radius 1 is 0.757 bits per heavy atom. The molecule has 0 aliphatic heterocycles. The van der Waals surface area contributed by atoms with Crippen molar-refractivity contribution in [1.82, 2.24) is 9.38 Å². The van der Waals surface area contributed by atoms with Gasteiger partial charge in [0.25, 0.3) is 0 Å². The Morgan fingerprint density at radius 2 is 1.57 bits per heavy atom. The lowest BCUT2D eigenvalue weighted by molar-refractivity contribution is 0.506. The first-order chi connectivity index (χ1) is 18.0. The second-order valence-electron chi connectivity index (χ2n) is 10.9. The van der Waals surface area contributed by atoms with Crippen LogP contribution in [0.1, 0.15) is 32.8 Å². The predicted octanol–water partition coefficient (Wildman–Crippen LogP) is 9.49. The number of hydrogen-bond donors (Lipinski definition) is 0. The van der Waals surface area contributed by atoms with E-state index < -0.39 is 0 Å². The third-order valence-corrected chi connectivity index (χ3v) is 8.54. The summed E-state index contributed by atoms with van der Waals surface area (Å²) in [4.78, 5) is 4.75. The smallest absolute Gasteiger partial charge is 0.145 e. The predicted molar refractivity (Wildman–Crippen MR) is 155 cm³/mol. The van der Waals surface area contributed by atoms with Gasteiger partial charge in [-0.1, -0.05) is 63.2 Å². The number of para-hydroxylation sites is 2. The number of rotatable bonds is 3. The number of benzene rings is 4. The summed E-state index contributed by atoms with van der Waals surface area (Å²) in [5.74, 6) is 0. The fourth-order valence-corrected chi connectivity index (χ4v) is 6.12. The summed E-state index contributed by atoms with van der Waals surface area (Å²) in [6.07, 6.45) is 3.04. The van der Waals surface area contributed by atoms with Gasteiger partial charge >= 0.3 is 0 Å². The van der Waals surface area contributed by atoms with Gasteiger partial charge in [-0.2, -0.15) is 0 Å². The van der Waals surface area contributed by atoms with E-state index in [1.54, 1.807) is 0 Å². The van der Waals surface area contributed by atoms with E-state index in [2.05, 4.69) is 104 Å². The molecule has 0 fully saturated rings. The maximum absolute atomic E-state index is 6.44. The van der Waals surface area contributed by atoms with E-state index in [0.717, 1.165) is 28.8 Å². The highest BCUT2D eigenvalue weighted by Crippen LogP contribution is 2.44. The molecule has 37 heavy (non-hydrogen) atoms. The molecule has 0 unspecified atom stereocenters. The van der Waals surface area contributed by atoms with E-state index in [-0.39, 0.29) is 5.41 Å². The summed E-state index contributed by atoms with van der Waals surface area (Å²) in [5, 5.41) is 7.28. The zero-order valence-electron chi connectivity index (χ0n) is 21.2. The maximum atomic E-state index is 6.44. The normalized spacial score (nSPS) is 12.8. The van der Waals surface area contributed by atoms with Crippen molar-refractivity contribution in [3.05, 3.63) is 96.7 Å². The average Bonchev–Trinajstić information content (AvgIpc) is 3.59. The average molecular weight is 479 g/mol. The zero-order valence-corrected chi connectivity index (χ0v) is 21.2. The monoisotopic (exact) mass is 478 g/mol. The molecule has 0 aliphatic carbocycles. The highest BCUT2D eigenvalue weighted by molar-refractivity contribution is 6.29. The number of nitrogens with zero attached hydrogens (tertiary/aromatic N) is 2. The number of aromatic nitrogens is 2. The SMILES string of the molecule is CCC(C)(C)c1ccnc(-c2ccc3c(c2)c2cccc4c5c6oc7ccccc7c6ccc5n3c24)c1. The Balaban J connectivity index is 1.43. The van der Waals surface area contributed by atoms with E-state index in [1.165, 1.54) is 54.4 Å². The zero-order chi connectivity index (χ0) is 24.9. The lowest BCUT2D eigenvalue weighted by Crippen LogP contribution is -2.15. The summed E-state index contributed by atoms with van der Waals surface area (Å²) >= 11 is 0. The molecule has 4 heterocycles. The molecule has 4 aromatic carbocycles. The second kappa shape index (κ2) is 7.10. The Labute approximate surface area is 214 Å². The lowest BCUT2D eigenvalue weighted by atomic mass is 9.82. The third kappa shape index (κ3) is 2.69. The minimum absolute atomic E-state index is 0.124. The van der Waals surface area contributed by atoms with Crippen molar-refractivity contribution in [2.24, 2.45) is 0 Å². The Bertz CT molecular complexity index is 2160. The Kier molecular flexibility index (Phi) is 3.99. The fraction of sp³-hybridized carbons (Fsp3) is 0.147. The van der Waals surface area contributed by atoms with Crippen molar-refractivity contribution in [2.75, 3.05) is 0 Å². The molecule has 3 nitrogen and oxygen atoms in total. The van der Waals surface area contributed by atoms with Crippen LogP contribution in [0.2, 0.25) is 0 Å². The molecular formula is C34H26N2O. The first-order valence-corrected chi connectivity index (χ1v) is 13.0. The number of hydrogen-bond acceptors (Lipinski definition) is 2. The lowest BCUT2D eigenvalue weighted by Gasteiger charge is -2.23. The van der Waals surface area contributed by atoms with Crippen molar-refractivity contribution in [3.8, 4) is 11.3 Å². The third-order valence-electron chi connectivity index (χ3n) is 8.54. The standard InChI is InChI=1S/C34H26N2O/c1-4-34(2,3)21-16-17-35-27(19-21)20-12-14-28-26(18-20)23-9-7-10-25-31-29(36(28)32(23)25)15-13-24-22-8-5-6-11-30(22)37-33(24)31/h5-19H,4H2,1-3H3. The molecule has 0 amide bonds. The van der Waals surface area contributed by atoms with Crippen LogP contribution in [-0.2, 0) is 5.41 Å². The molecule has 8 rings (SSSR count). The van der Waals surface area contributed by atoms with Crippen LogP contribution >= 0.6 is 0 Å². The van der Waals surface area contributed by atoms with Crippen LogP contribution < -0.4 is 0 Å². The summed E-state index contributed by atoms with van der Waals surface area (Å²) < 4.78 is 8.85. The van der Waals surface area contributed by atoms with Gasteiger partial charge in [0, 0.05) is 38.7 Å². The molecule has 0 N–H and O–H groups in total. The molecule has 0 radical (unpaired) electrons. The highest BCUT2D eigenvalue weighted by atomic mass is 16.3. The molecule has 3 heteroatoms. The molecule has 0 bridgehead atoms. The minimum Gasteiger partial charge on any atom is -0.455 e. The van der Waals surface area contributed by atoms with Crippen molar-refractivity contribution >= 4 is 60.0 Å². The van der Waals surface area contributed by atoms with Crippen LogP contribution in [0.5, 0.6) is 0 Å². The maximum Gasteiger partial charge on any atom is 0.145 e. The number of pyridine rings is 1. The van der Waals surface area contributed by atoms with Gasteiger partial charge in [-0.05, 0) is 59.9 Å². The van der Waals surface area contributed by atoms with Crippen molar-refractivity contribution < 1.29 is 4.42 Å². The topological polar surface area (TPSA) is 30.4 Å². The van der Waals surface area contributed by atoms with Gasteiger partial charge in [0.15, 0.2) is 0 Å². The van der Waals surface area contributed by atoms with Crippen molar-refractivity contribution in [3.63, 3.8) is 0 Å². The molecular weight excluding hydrogens is 452 g/mol. The number of fused-ring (bicyclic) bond motifs is 10. The van der Waals surface area contributed by atoms with E-state index >= 15 is 0 Å². The van der Waals surface area contributed by atoms with Crippen LogP contribution in [0.3, 0.4) is 0 Å². The van der Waals surface area contributed by atoms with Gasteiger partial charge in [0.05, 0.1) is 27.6 Å². The van der Waals surface area contributed by atoms with Gasteiger partial charge in [0.1, 0.15) is 11.2 Å². The first kappa shape index (κ1) is 20.8. The highest BCUT2D eigenvalue weighted by Gasteiger charge is 2.22. The van der Waals surface area contributed by atoms with Crippen molar-refractivity contribution in [1.29, 1.82) is 0 Å². The molecule has 0 saturated carbocycles. The van der Waals surface area contributed by atoms with Crippen LogP contribution in [0.15, 0.2) is 95.5 Å². The molecule has 0 atom stereocenters. The van der Waals surface area contributed by atoms with Crippen LogP contribution in [0.25, 0.3) is 71.3 Å². The number of furan rings is 1. The molecule has 0 spiro atoms. The molecule has 8 aromatic rings. The van der Waals surface area contributed by atoms with Gasteiger partial charge in [-0.15, -0.1) is 0 Å². The summed E-state index contributed by atoms with van der Waals surface area (Å²) in [5.41, 5.74) is 9.19. The van der Waals surface area contributed by atoms with E-state index in [1.807, 2.05) is 12.3 Å². The van der Waals surface area contributed by atoms with Gasteiger partial charge in [-0.3, -0.25) is 4.98 Å².